The second-order valence-electron chi connectivity index (χ2n) is 5.76. The van der Waals surface area contributed by atoms with Crippen molar-refractivity contribution in [2.75, 3.05) is 18.4 Å². The van der Waals surface area contributed by atoms with Gasteiger partial charge in [0, 0.05) is 18.8 Å². The van der Waals surface area contributed by atoms with E-state index in [0.29, 0.717) is 16.9 Å². The number of benzene rings is 1. The van der Waals surface area contributed by atoms with E-state index in [4.69, 9.17) is 0 Å². The molecule has 1 aromatic carbocycles. The van der Waals surface area contributed by atoms with E-state index in [-0.39, 0.29) is 0 Å². The topological polar surface area (TPSA) is 58.2 Å². The van der Waals surface area contributed by atoms with Gasteiger partial charge in [-0.15, -0.1) is 0 Å². The van der Waals surface area contributed by atoms with Crippen LogP contribution in [0.15, 0.2) is 29.2 Å². The molecule has 0 radical (unpaired) electrons. The van der Waals surface area contributed by atoms with Gasteiger partial charge in [-0.05, 0) is 36.1 Å². The van der Waals surface area contributed by atoms with Gasteiger partial charge in [-0.1, -0.05) is 27.7 Å². The lowest BCUT2D eigenvalue weighted by Crippen LogP contribution is -2.23. The predicted molar refractivity (Wildman–Crippen MR) is 79.9 cm³/mol. The van der Waals surface area contributed by atoms with Crippen molar-refractivity contribution in [2.24, 2.45) is 5.41 Å². The SMILES string of the molecule is CCNS(=O)(=O)c1ccc(NCCC(C)(C)C)cc1. The van der Waals surface area contributed by atoms with Crippen LogP contribution in [-0.2, 0) is 10.0 Å². The largest absolute Gasteiger partial charge is 0.385 e. The predicted octanol–water partition coefficient (Wildman–Crippen LogP) is 2.83. The number of rotatable bonds is 6. The van der Waals surface area contributed by atoms with Crippen molar-refractivity contribution in [1.82, 2.24) is 4.72 Å². The molecule has 0 bridgehead atoms. The first-order valence-electron chi connectivity index (χ1n) is 6.58. The lowest BCUT2D eigenvalue weighted by molar-refractivity contribution is 0.390. The first-order valence-corrected chi connectivity index (χ1v) is 8.06. The average molecular weight is 284 g/mol. The van der Waals surface area contributed by atoms with Crippen LogP contribution in [0, 0.1) is 5.41 Å². The van der Waals surface area contributed by atoms with Crippen LogP contribution in [0.3, 0.4) is 0 Å². The fourth-order valence-corrected chi connectivity index (χ4v) is 2.65. The molecule has 2 N–H and O–H groups in total. The summed E-state index contributed by atoms with van der Waals surface area (Å²) in [5, 5.41) is 3.30. The van der Waals surface area contributed by atoms with Gasteiger partial charge in [0.25, 0.3) is 0 Å². The minimum absolute atomic E-state index is 0.293. The van der Waals surface area contributed by atoms with E-state index >= 15 is 0 Å². The monoisotopic (exact) mass is 284 g/mol. The maximum atomic E-state index is 11.8. The van der Waals surface area contributed by atoms with Crippen LogP contribution in [-0.4, -0.2) is 21.5 Å². The molecule has 0 aliphatic rings. The molecule has 0 unspecified atom stereocenters. The molecule has 0 fully saturated rings. The Hall–Kier alpha value is -1.07. The molecule has 0 aliphatic heterocycles. The lowest BCUT2D eigenvalue weighted by Gasteiger charge is -2.18. The van der Waals surface area contributed by atoms with Crippen molar-refractivity contribution >= 4 is 15.7 Å². The van der Waals surface area contributed by atoms with Gasteiger partial charge in [-0.2, -0.15) is 0 Å². The fraction of sp³-hybridized carbons (Fsp3) is 0.571. The van der Waals surface area contributed by atoms with Crippen LogP contribution >= 0.6 is 0 Å². The molecule has 1 rings (SSSR count). The zero-order valence-corrected chi connectivity index (χ0v) is 13.0. The molecule has 19 heavy (non-hydrogen) atoms. The minimum Gasteiger partial charge on any atom is -0.385 e. The van der Waals surface area contributed by atoms with E-state index in [1.54, 1.807) is 31.2 Å². The van der Waals surface area contributed by atoms with E-state index in [1.807, 2.05) is 0 Å². The molecule has 0 saturated carbocycles. The van der Waals surface area contributed by atoms with Crippen molar-refractivity contribution in [2.45, 2.75) is 39.0 Å². The Bertz CT molecular complexity index is 487. The average Bonchev–Trinajstić information content (AvgIpc) is 2.28. The molecule has 0 heterocycles. The van der Waals surface area contributed by atoms with Crippen molar-refractivity contribution in [1.29, 1.82) is 0 Å². The number of nitrogens with one attached hydrogen (secondary N) is 2. The molecule has 0 atom stereocenters. The summed E-state index contributed by atoms with van der Waals surface area (Å²) in [4.78, 5) is 0.302. The Balaban J connectivity index is 2.62. The number of sulfonamides is 1. The van der Waals surface area contributed by atoms with Gasteiger partial charge in [0.1, 0.15) is 0 Å². The molecule has 0 amide bonds. The van der Waals surface area contributed by atoms with Gasteiger partial charge in [-0.25, -0.2) is 13.1 Å². The highest BCUT2D eigenvalue weighted by atomic mass is 32.2. The molecule has 1 aromatic rings. The van der Waals surface area contributed by atoms with Crippen LogP contribution in [0.1, 0.15) is 34.1 Å². The van der Waals surface area contributed by atoms with Crippen LogP contribution in [0.4, 0.5) is 5.69 Å². The molecule has 0 aliphatic carbocycles. The van der Waals surface area contributed by atoms with Crippen LogP contribution in [0.25, 0.3) is 0 Å². The third-order valence-electron chi connectivity index (χ3n) is 2.70. The standard InChI is InChI=1S/C14H24N2O2S/c1-5-16-19(17,18)13-8-6-12(7-9-13)15-11-10-14(2,3)4/h6-9,15-16H,5,10-11H2,1-4H3. The first kappa shape index (κ1) is 16.0. The van der Waals surface area contributed by atoms with Gasteiger partial charge in [0.2, 0.25) is 10.0 Å². The smallest absolute Gasteiger partial charge is 0.240 e. The van der Waals surface area contributed by atoms with E-state index in [0.717, 1.165) is 18.7 Å². The molecule has 108 valence electrons. The summed E-state index contributed by atoms with van der Waals surface area (Å²) in [5.41, 5.74) is 1.24. The third-order valence-corrected chi connectivity index (χ3v) is 4.26. The van der Waals surface area contributed by atoms with Crippen molar-refractivity contribution < 1.29 is 8.42 Å². The summed E-state index contributed by atoms with van der Waals surface area (Å²) < 4.78 is 26.0. The minimum atomic E-state index is -3.35. The lowest BCUT2D eigenvalue weighted by atomic mass is 9.92. The van der Waals surface area contributed by atoms with Crippen molar-refractivity contribution in [3.63, 3.8) is 0 Å². The molecular formula is C14H24N2O2S. The first-order chi connectivity index (χ1) is 8.74. The highest BCUT2D eigenvalue weighted by molar-refractivity contribution is 7.89. The normalized spacial score (nSPS) is 12.4. The molecule has 0 aromatic heterocycles. The number of hydrogen-bond donors (Lipinski definition) is 2. The van der Waals surface area contributed by atoms with Crippen LogP contribution < -0.4 is 10.0 Å². The molecular weight excluding hydrogens is 260 g/mol. The Kier molecular flexibility index (Phi) is 5.38. The Labute approximate surface area is 116 Å². The fourth-order valence-electron chi connectivity index (χ4n) is 1.61. The van der Waals surface area contributed by atoms with Gasteiger partial charge in [0.15, 0.2) is 0 Å². The van der Waals surface area contributed by atoms with E-state index < -0.39 is 10.0 Å². The third kappa shape index (κ3) is 5.61. The number of anilines is 1. The molecule has 0 spiro atoms. The van der Waals surface area contributed by atoms with Gasteiger partial charge in [-0.3, -0.25) is 0 Å². The van der Waals surface area contributed by atoms with Crippen molar-refractivity contribution in [3.05, 3.63) is 24.3 Å². The highest BCUT2D eigenvalue weighted by Crippen LogP contribution is 2.19. The summed E-state index contributed by atoms with van der Waals surface area (Å²) in [7, 11) is -3.35. The molecule has 0 saturated heterocycles. The Morgan fingerprint density at radius 3 is 2.16 bits per heavy atom. The van der Waals surface area contributed by atoms with Gasteiger partial charge >= 0.3 is 0 Å². The summed E-state index contributed by atoms with van der Waals surface area (Å²) in [6.45, 7) is 9.62. The summed E-state index contributed by atoms with van der Waals surface area (Å²) in [6.07, 6.45) is 1.06. The van der Waals surface area contributed by atoms with Gasteiger partial charge < -0.3 is 5.32 Å². The zero-order chi connectivity index (χ0) is 14.5. The maximum absolute atomic E-state index is 11.8. The summed E-state index contributed by atoms with van der Waals surface area (Å²) >= 11 is 0. The van der Waals surface area contributed by atoms with E-state index in [9.17, 15) is 8.42 Å². The zero-order valence-electron chi connectivity index (χ0n) is 12.2. The van der Waals surface area contributed by atoms with Crippen LogP contribution in [0.5, 0.6) is 0 Å². The van der Waals surface area contributed by atoms with Gasteiger partial charge in [0.05, 0.1) is 4.90 Å². The van der Waals surface area contributed by atoms with E-state index in [2.05, 4.69) is 30.8 Å². The van der Waals surface area contributed by atoms with Crippen LogP contribution in [0.2, 0.25) is 0 Å². The number of hydrogen-bond acceptors (Lipinski definition) is 3. The molecule has 5 heteroatoms. The molecule has 4 nitrogen and oxygen atoms in total. The Morgan fingerprint density at radius 1 is 1.11 bits per heavy atom. The maximum Gasteiger partial charge on any atom is 0.240 e. The summed E-state index contributed by atoms with van der Waals surface area (Å²) in [6, 6.07) is 6.84. The Morgan fingerprint density at radius 2 is 1.68 bits per heavy atom. The summed E-state index contributed by atoms with van der Waals surface area (Å²) in [5.74, 6) is 0. The quantitative estimate of drug-likeness (QED) is 0.844. The highest BCUT2D eigenvalue weighted by Gasteiger charge is 2.12. The van der Waals surface area contributed by atoms with Crippen molar-refractivity contribution in [3.8, 4) is 0 Å². The van der Waals surface area contributed by atoms with E-state index in [1.165, 1.54) is 0 Å². The second-order valence-corrected chi connectivity index (χ2v) is 7.53. The second kappa shape index (κ2) is 6.39.